The Balaban J connectivity index is 0.00000259. The fourth-order valence-electron chi connectivity index (χ4n) is 4.80. The Labute approximate surface area is 216 Å². The van der Waals surface area contributed by atoms with Crippen LogP contribution in [0.15, 0.2) is 30.9 Å². The minimum absolute atomic E-state index is 0. The number of hydrogen-bond acceptors (Lipinski definition) is 7. The Morgan fingerprint density at radius 3 is 2.79 bits per heavy atom. The maximum Gasteiger partial charge on any atom is 1.00 e. The van der Waals surface area contributed by atoms with E-state index in [4.69, 9.17) is 24.2 Å². The van der Waals surface area contributed by atoms with Crippen molar-refractivity contribution in [1.29, 1.82) is 0 Å². The van der Waals surface area contributed by atoms with Gasteiger partial charge in [0.2, 0.25) is 0 Å². The summed E-state index contributed by atoms with van der Waals surface area (Å²) in [4.78, 5) is 18.1. The normalized spacial score (nSPS) is 23.5. The van der Waals surface area contributed by atoms with Crippen molar-refractivity contribution < 1.29 is 32.0 Å². The number of alkyl halides is 3. The van der Waals surface area contributed by atoms with Crippen molar-refractivity contribution in [3.05, 3.63) is 46.3 Å². The average Bonchev–Trinajstić information content (AvgIpc) is 3.25. The van der Waals surface area contributed by atoms with Gasteiger partial charge in [-0.3, -0.25) is 4.98 Å². The van der Waals surface area contributed by atoms with Crippen molar-refractivity contribution in [2.24, 2.45) is 5.92 Å². The van der Waals surface area contributed by atoms with E-state index in [0.717, 1.165) is 49.5 Å². The first-order valence-corrected chi connectivity index (χ1v) is 11.9. The summed E-state index contributed by atoms with van der Waals surface area (Å²) in [6, 6.07) is 3.50. The second kappa shape index (κ2) is 9.55. The summed E-state index contributed by atoms with van der Waals surface area (Å²) in [6.45, 7) is 3.81. The number of hydrogen-bond donors (Lipinski definition) is 0. The van der Waals surface area contributed by atoms with Gasteiger partial charge in [-0.05, 0) is 43.1 Å². The summed E-state index contributed by atoms with van der Waals surface area (Å²) in [5, 5.41) is 1.29. The monoisotopic (exact) mass is 505 g/mol. The standard InChI is InChI=1S/C21H21ClF3N5S2.Li/c22-15-3-13(6-26-7-15)8-29-2-1-14-9-30(11-20(14,31)10-29)18-17-4-16(5-21(23,24)25)32-19(17)28-12-27-18;/h3-4,6-7,12,14,31H,1-2,5,8-11H2;/q;+1/p-1/t14-,20-;/m1./s1. The first kappa shape index (κ1) is 25.1. The minimum Gasteiger partial charge on any atom is -0.783 e. The molecule has 2 aliphatic heterocycles. The van der Waals surface area contributed by atoms with Gasteiger partial charge in [-0.25, -0.2) is 9.97 Å². The number of nitrogens with zero attached hydrogens (tertiary/aromatic N) is 5. The van der Waals surface area contributed by atoms with Gasteiger partial charge in [-0.2, -0.15) is 13.2 Å². The maximum atomic E-state index is 12.9. The molecule has 3 aromatic rings. The molecule has 12 heteroatoms. The Kier molecular flexibility index (Phi) is 7.26. The van der Waals surface area contributed by atoms with Crippen molar-refractivity contribution in [3.8, 4) is 0 Å². The molecule has 2 fully saturated rings. The zero-order chi connectivity index (χ0) is 22.5. The third kappa shape index (κ3) is 5.47. The molecule has 0 N–H and O–H groups in total. The Morgan fingerprint density at radius 2 is 2.03 bits per heavy atom. The minimum atomic E-state index is -4.25. The Hall–Kier alpha value is -1.02. The molecule has 5 nitrogen and oxygen atoms in total. The number of halogens is 4. The summed E-state index contributed by atoms with van der Waals surface area (Å²) in [5.41, 5.74) is 1.05. The smallest absolute Gasteiger partial charge is 0.783 e. The predicted molar refractivity (Wildman–Crippen MR) is 122 cm³/mol. The van der Waals surface area contributed by atoms with Crippen LogP contribution in [0.3, 0.4) is 0 Å². The van der Waals surface area contributed by atoms with Gasteiger partial charge in [0.1, 0.15) is 17.0 Å². The van der Waals surface area contributed by atoms with Crippen LogP contribution in [0.4, 0.5) is 19.0 Å². The molecule has 5 heterocycles. The number of piperidine rings is 1. The fraction of sp³-hybridized carbons (Fsp3) is 0.476. The van der Waals surface area contributed by atoms with Crippen LogP contribution in [0, 0.1) is 5.92 Å². The van der Waals surface area contributed by atoms with Gasteiger partial charge in [0.05, 0.1) is 16.8 Å². The van der Waals surface area contributed by atoms with Gasteiger partial charge < -0.3 is 22.4 Å². The third-order valence-corrected chi connectivity index (χ3v) is 7.97. The molecular weight excluding hydrogens is 486 g/mol. The van der Waals surface area contributed by atoms with E-state index in [9.17, 15) is 13.2 Å². The Bertz CT molecular complexity index is 1150. The SMILES string of the molecule is FC(F)(F)Cc1cc2c(N3C[C@H]4CCN(Cc5cncc(Cl)c5)C[C@@]4([S-])C3)ncnc2s1.[Li+]. The summed E-state index contributed by atoms with van der Waals surface area (Å²) >= 11 is 13.3. The second-order valence-electron chi connectivity index (χ2n) is 8.57. The van der Waals surface area contributed by atoms with E-state index in [0.29, 0.717) is 33.5 Å². The van der Waals surface area contributed by atoms with Crippen LogP contribution >= 0.6 is 22.9 Å². The van der Waals surface area contributed by atoms with Gasteiger partial charge in [-0.1, -0.05) is 11.6 Å². The van der Waals surface area contributed by atoms with E-state index in [-0.39, 0.29) is 28.5 Å². The maximum absolute atomic E-state index is 12.9. The molecule has 5 rings (SSSR count). The molecule has 2 aliphatic rings. The number of thiophene rings is 1. The number of anilines is 1. The molecule has 0 spiro atoms. The molecule has 0 aromatic carbocycles. The van der Waals surface area contributed by atoms with E-state index < -0.39 is 12.6 Å². The molecule has 170 valence electrons. The number of aromatic nitrogens is 3. The Morgan fingerprint density at radius 1 is 1.21 bits per heavy atom. The van der Waals surface area contributed by atoms with Gasteiger partial charge in [0.25, 0.3) is 0 Å². The van der Waals surface area contributed by atoms with Gasteiger partial charge in [0.15, 0.2) is 0 Å². The molecule has 0 radical (unpaired) electrons. The van der Waals surface area contributed by atoms with E-state index in [2.05, 4.69) is 24.8 Å². The molecule has 33 heavy (non-hydrogen) atoms. The van der Waals surface area contributed by atoms with E-state index >= 15 is 0 Å². The van der Waals surface area contributed by atoms with E-state index in [1.165, 1.54) is 6.33 Å². The summed E-state index contributed by atoms with van der Waals surface area (Å²) in [6.07, 6.45) is 0.640. The topological polar surface area (TPSA) is 45.2 Å². The van der Waals surface area contributed by atoms with Crippen LogP contribution in [0.2, 0.25) is 5.02 Å². The van der Waals surface area contributed by atoms with Crippen LogP contribution < -0.4 is 23.8 Å². The van der Waals surface area contributed by atoms with Crippen molar-refractivity contribution >= 4 is 51.6 Å². The van der Waals surface area contributed by atoms with Crippen molar-refractivity contribution in [3.63, 3.8) is 0 Å². The van der Waals surface area contributed by atoms with Crippen LogP contribution in [0.25, 0.3) is 10.2 Å². The third-order valence-electron chi connectivity index (χ3n) is 6.13. The van der Waals surface area contributed by atoms with Gasteiger partial charge >= 0.3 is 25.0 Å². The fourth-order valence-corrected chi connectivity index (χ4v) is 6.55. The van der Waals surface area contributed by atoms with E-state index in [1.54, 1.807) is 12.3 Å². The number of fused-ring (bicyclic) bond motifs is 2. The molecule has 0 amide bonds. The van der Waals surface area contributed by atoms with E-state index in [1.807, 2.05) is 12.3 Å². The number of likely N-dealkylation sites (tertiary alicyclic amines) is 1. The second-order valence-corrected chi connectivity index (χ2v) is 10.9. The largest absolute Gasteiger partial charge is 1.00 e. The summed E-state index contributed by atoms with van der Waals surface area (Å²) in [5.74, 6) is 1.01. The van der Waals surface area contributed by atoms with Crippen LogP contribution in [-0.2, 0) is 25.6 Å². The number of pyridine rings is 1. The average molecular weight is 506 g/mol. The molecule has 2 saturated heterocycles. The summed E-state index contributed by atoms with van der Waals surface area (Å²) < 4.78 is 38.3. The van der Waals surface area contributed by atoms with Crippen molar-refractivity contribution in [1.82, 2.24) is 19.9 Å². The quantitative estimate of drug-likeness (QED) is 0.395. The van der Waals surface area contributed by atoms with Crippen LogP contribution in [0.5, 0.6) is 0 Å². The van der Waals surface area contributed by atoms with Crippen LogP contribution in [0.1, 0.15) is 16.9 Å². The molecule has 0 bridgehead atoms. The number of rotatable bonds is 4. The van der Waals surface area contributed by atoms with Gasteiger partial charge in [0, 0.05) is 36.9 Å². The molecule has 0 unspecified atom stereocenters. The molecule has 0 aliphatic carbocycles. The van der Waals surface area contributed by atoms with Crippen molar-refractivity contribution in [2.45, 2.75) is 30.3 Å². The van der Waals surface area contributed by atoms with Crippen LogP contribution in [-0.4, -0.2) is 57.0 Å². The molecule has 0 saturated carbocycles. The zero-order valence-electron chi connectivity index (χ0n) is 18.0. The van der Waals surface area contributed by atoms with Gasteiger partial charge in [-0.15, -0.1) is 16.1 Å². The van der Waals surface area contributed by atoms with Crippen molar-refractivity contribution in [2.75, 3.05) is 31.1 Å². The molecular formula is C21H20ClF3LiN5S2. The predicted octanol–water partition coefficient (Wildman–Crippen LogP) is 1.48. The summed E-state index contributed by atoms with van der Waals surface area (Å²) in [7, 11) is 0. The zero-order valence-corrected chi connectivity index (χ0v) is 20.4. The molecule has 3 aromatic heterocycles. The first-order valence-electron chi connectivity index (χ1n) is 10.3. The molecule has 2 atom stereocenters. The first-order chi connectivity index (χ1) is 15.2.